The quantitative estimate of drug-likeness (QED) is 0.351. The Balaban J connectivity index is 0.000000210. The first kappa shape index (κ1) is 42.9. The van der Waals surface area contributed by atoms with Crippen LogP contribution in [0.15, 0.2) is 24.3 Å². The van der Waals surface area contributed by atoms with Crippen LogP contribution >= 0.6 is 12.4 Å². The van der Waals surface area contributed by atoms with Gasteiger partial charge < -0.3 is 24.8 Å². The van der Waals surface area contributed by atoms with Crippen molar-refractivity contribution in [2.75, 3.05) is 52.4 Å². The Morgan fingerprint density at radius 2 is 1.11 bits per heavy atom. The van der Waals surface area contributed by atoms with E-state index in [1.54, 1.807) is 4.90 Å². The van der Waals surface area contributed by atoms with Crippen molar-refractivity contribution in [3.05, 3.63) is 58.2 Å². The molecule has 55 heavy (non-hydrogen) atoms. The molecule has 6 aliphatic rings. The maximum atomic E-state index is 12.8. The van der Waals surface area contributed by atoms with E-state index in [1.807, 2.05) is 25.7 Å². The molecule has 6 heterocycles. The minimum Gasteiger partial charge on any atom is -0.444 e. The van der Waals surface area contributed by atoms with Crippen molar-refractivity contribution >= 4 is 30.3 Å². The highest BCUT2D eigenvalue weighted by Gasteiger charge is 2.40. The van der Waals surface area contributed by atoms with Crippen LogP contribution in [0, 0.1) is 23.7 Å². The van der Waals surface area contributed by atoms with Crippen LogP contribution in [0.25, 0.3) is 0 Å². The molecule has 2 aromatic rings. The average Bonchev–Trinajstić information content (AvgIpc) is 3.10. The Morgan fingerprint density at radius 3 is 1.53 bits per heavy atom. The number of halogens is 1. The third-order valence-electron chi connectivity index (χ3n) is 12.3. The van der Waals surface area contributed by atoms with E-state index in [4.69, 9.17) is 14.7 Å². The molecule has 0 aromatic carbocycles. The number of fused-ring (bicyclic) bond motifs is 2. The number of carbonyl (C=O) groups is 3. The maximum absolute atomic E-state index is 12.8. The molecule has 3 amide bonds. The highest BCUT2D eigenvalue weighted by atomic mass is 35.5. The molecule has 8 rings (SSSR count). The lowest BCUT2D eigenvalue weighted by atomic mass is 9.89. The number of hydrogen-bond donors (Lipinski definition) is 1. The summed E-state index contributed by atoms with van der Waals surface area (Å²) in [5.41, 5.74) is 7.54. The molecular formula is C44H67ClN6O4. The molecule has 0 unspecified atom stereocenters. The molecule has 0 atom stereocenters. The number of aryl methyl sites for hydroxylation is 4. The first-order chi connectivity index (χ1) is 25.6. The summed E-state index contributed by atoms with van der Waals surface area (Å²) >= 11 is 0. The summed E-state index contributed by atoms with van der Waals surface area (Å²) < 4.78 is 5.38. The largest absolute Gasteiger partial charge is 0.444 e. The van der Waals surface area contributed by atoms with E-state index >= 15 is 0 Å². The fraction of sp³-hybridized carbons (Fsp3) is 0.705. The van der Waals surface area contributed by atoms with Gasteiger partial charge in [-0.3, -0.25) is 19.6 Å². The average molecular weight is 780 g/mol. The smallest absolute Gasteiger partial charge is 0.410 e. The summed E-state index contributed by atoms with van der Waals surface area (Å²) in [6.07, 6.45) is 15.9. The van der Waals surface area contributed by atoms with Crippen molar-refractivity contribution in [2.24, 2.45) is 23.7 Å². The molecule has 2 aliphatic carbocycles. The van der Waals surface area contributed by atoms with Crippen molar-refractivity contribution in [3.8, 4) is 0 Å². The van der Waals surface area contributed by atoms with Crippen LogP contribution in [0.2, 0.25) is 0 Å². The Labute approximate surface area is 336 Å². The van der Waals surface area contributed by atoms with Crippen LogP contribution in [-0.4, -0.2) is 101 Å². The number of hydrogen-bond acceptors (Lipinski definition) is 7. The van der Waals surface area contributed by atoms with Crippen molar-refractivity contribution in [1.82, 2.24) is 30.0 Å². The Kier molecular flexibility index (Phi) is 15.0. The lowest BCUT2D eigenvalue weighted by Gasteiger charge is -2.42. The Morgan fingerprint density at radius 1 is 0.673 bits per heavy atom. The van der Waals surface area contributed by atoms with Gasteiger partial charge in [-0.15, -0.1) is 12.4 Å². The van der Waals surface area contributed by atoms with E-state index < -0.39 is 5.60 Å². The molecule has 2 aromatic heterocycles. The maximum Gasteiger partial charge on any atom is 0.410 e. The Bertz CT molecular complexity index is 1600. The number of piperidine rings is 2. The molecule has 0 radical (unpaired) electrons. The number of aromatic nitrogens is 2. The van der Waals surface area contributed by atoms with Crippen LogP contribution in [0.1, 0.15) is 113 Å². The molecule has 0 bridgehead atoms. The summed E-state index contributed by atoms with van der Waals surface area (Å²) in [4.78, 5) is 52.7. The highest BCUT2D eigenvalue weighted by Crippen LogP contribution is 2.28. The minimum atomic E-state index is -0.499. The van der Waals surface area contributed by atoms with E-state index in [9.17, 15) is 14.4 Å². The second kappa shape index (κ2) is 19.3. The van der Waals surface area contributed by atoms with E-state index in [0.29, 0.717) is 30.8 Å². The second-order valence-electron chi connectivity index (χ2n) is 17.6. The second-order valence-corrected chi connectivity index (χ2v) is 17.6. The Hall–Kier alpha value is -3.24. The number of nitrogens with one attached hydrogen (secondary N) is 1. The van der Waals surface area contributed by atoms with Gasteiger partial charge in [0.15, 0.2) is 0 Å². The van der Waals surface area contributed by atoms with Crippen molar-refractivity contribution in [1.29, 1.82) is 0 Å². The number of likely N-dealkylation sites (tertiary alicyclic amines) is 3. The predicted octanol–water partition coefficient (Wildman–Crippen LogP) is 6.63. The molecule has 11 heteroatoms. The van der Waals surface area contributed by atoms with Gasteiger partial charge in [0.25, 0.3) is 0 Å². The van der Waals surface area contributed by atoms with Crippen molar-refractivity contribution in [3.63, 3.8) is 0 Å². The van der Waals surface area contributed by atoms with E-state index in [2.05, 4.69) is 34.5 Å². The van der Waals surface area contributed by atoms with Gasteiger partial charge >= 0.3 is 6.09 Å². The summed E-state index contributed by atoms with van der Waals surface area (Å²) in [5, 5.41) is 3.19. The number of amides is 3. The van der Waals surface area contributed by atoms with E-state index in [-0.39, 0.29) is 43.7 Å². The fourth-order valence-corrected chi connectivity index (χ4v) is 8.88. The predicted molar refractivity (Wildman–Crippen MR) is 219 cm³/mol. The third kappa shape index (κ3) is 11.2. The van der Waals surface area contributed by atoms with Gasteiger partial charge in [-0.2, -0.15) is 0 Å². The number of pyridine rings is 2. The molecule has 4 saturated heterocycles. The SMILES string of the molecule is C.CC(C)(C)OC(=O)N1CC(C(=O)N2CCC(Cc3ccc4c(n3)CCCC4)CC2)C1.Cl.O=C(C1CNC1)N1CCC(Cc2ccc3c(n2)CCCC3)CC1. The monoisotopic (exact) mass is 778 g/mol. The van der Waals surface area contributed by atoms with E-state index in [1.165, 1.54) is 72.4 Å². The fourth-order valence-electron chi connectivity index (χ4n) is 8.88. The zero-order chi connectivity index (χ0) is 37.0. The summed E-state index contributed by atoms with van der Waals surface area (Å²) in [6.45, 7) is 11.8. The highest BCUT2D eigenvalue weighted by molar-refractivity contribution is 5.85. The van der Waals surface area contributed by atoms with Crippen LogP contribution in [0.5, 0.6) is 0 Å². The molecule has 0 saturated carbocycles. The third-order valence-corrected chi connectivity index (χ3v) is 12.3. The summed E-state index contributed by atoms with van der Waals surface area (Å²) in [6, 6.07) is 9.03. The molecule has 10 nitrogen and oxygen atoms in total. The lowest BCUT2D eigenvalue weighted by Crippen LogP contribution is -2.58. The standard InChI is InChI=1S/C24H35N3O3.C19H27N3O.CH4.ClH/c1-24(2,3)30-23(29)27-15-19(16-27)22(28)26-12-10-17(11-13-26)14-20-9-8-18-6-4-5-7-21(18)25-20;23-19(16-12-20-13-16)22-9-7-14(8-10-22)11-17-6-5-15-3-1-2-4-18(15)21-17;;/h8-9,17,19H,4-7,10-16H2,1-3H3;5-6,14,16,20H,1-4,7-13H2;1H4;1H. The molecule has 4 aliphatic heterocycles. The number of carbonyl (C=O) groups excluding carboxylic acids is 3. The zero-order valence-electron chi connectivity index (χ0n) is 33.0. The van der Waals surface area contributed by atoms with Crippen LogP contribution in [-0.2, 0) is 52.9 Å². The lowest BCUT2D eigenvalue weighted by molar-refractivity contribution is -0.142. The summed E-state index contributed by atoms with van der Waals surface area (Å²) in [5.74, 6) is 2.02. The van der Waals surface area contributed by atoms with Crippen LogP contribution in [0.4, 0.5) is 4.79 Å². The first-order valence-electron chi connectivity index (χ1n) is 20.8. The van der Waals surface area contributed by atoms with Gasteiger partial charge in [-0.1, -0.05) is 19.6 Å². The molecule has 304 valence electrons. The van der Waals surface area contributed by atoms with Crippen molar-refractivity contribution in [2.45, 2.75) is 124 Å². The molecule has 4 fully saturated rings. The van der Waals surface area contributed by atoms with Gasteiger partial charge in [0.05, 0.1) is 11.8 Å². The topological polar surface area (TPSA) is 108 Å². The number of ether oxygens (including phenoxy) is 1. The molecular weight excluding hydrogens is 712 g/mol. The van der Waals surface area contributed by atoms with Gasteiger partial charge in [-0.25, -0.2) is 4.79 Å². The molecule has 1 N–H and O–H groups in total. The van der Waals surface area contributed by atoms with Gasteiger partial charge in [-0.05, 0) is 146 Å². The van der Waals surface area contributed by atoms with Gasteiger partial charge in [0.1, 0.15) is 5.60 Å². The van der Waals surface area contributed by atoms with Gasteiger partial charge in [0.2, 0.25) is 11.8 Å². The van der Waals surface area contributed by atoms with E-state index in [0.717, 1.165) is 90.6 Å². The summed E-state index contributed by atoms with van der Waals surface area (Å²) in [7, 11) is 0. The van der Waals surface area contributed by atoms with Gasteiger partial charge in [0, 0.05) is 75.1 Å². The normalized spacial score (nSPS) is 20.6. The van der Waals surface area contributed by atoms with Crippen LogP contribution < -0.4 is 5.32 Å². The molecule has 0 spiro atoms. The number of rotatable bonds is 6. The zero-order valence-corrected chi connectivity index (χ0v) is 33.8. The first-order valence-corrected chi connectivity index (χ1v) is 20.8. The minimum absolute atomic E-state index is 0. The number of nitrogens with zero attached hydrogens (tertiary/aromatic N) is 5. The van der Waals surface area contributed by atoms with Crippen molar-refractivity contribution < 1.29 is 19.1 Å². The van der Waals surface area contributed by atoms with Crippen LogP contribution in [0.3, 0.4) is 0 Å².